The van der Waals surface area contributed by atoms with Gasteiger partial charge in [0.05, 0.1) is 17.7 Å². The first kappa shape index (κ1) is 13.7. The van der Waals surface area contributed by atoms with E-state index in [-0.39, 0.29) is 5.91 Å². The zero-order chi connectivity index (χ0) is 13.8. The monoisotopic (exact) mass is 296 g/mol. The molecule has 0 saturated heterocycles. The molecule has 2 aromatic heterocycles. The Morgan fingerprint density at radius 3 is 2.89 bits per heavy atom. The van der Waals surface area contributed by atoms with Crippen molar-refractivity contribution in [1.82, 2.24) is 4.98 Å². The van der Waals surface area contributed by atoms with Gasteiger partial charge in [-0.15, -0.1) is 22.7 Å². The molecule has 1 amide bonds. The molecule has 0 aromatic carbocycles. The molecular weight excluding hydrogens is 284 g/mol. The molecule has 100 valence electrons. The topological polar surface area (TPSA) is 68.3 Å². The molecule has 0 bridgehead atoms. The zero-order valence-electron chi connectivity index (χ0n) is 10.4. The fraction of sp³-hybridized carbons (Fsp3) is 0.250. The summed E-state index contributed by atoms with van der Waals surface area (Å²) in [5.74, 6) is -0.755. The van der Waals surface area contributed by atoms with Gasteiger partial charge < -0.3 is 10.1 Å². The zero-order valence-corrected chi connectivity index (χ0v) is 12.1. The number of esters is 1. The van der Waals surface area contributed by atoms with Crippen LogP contribution in [0.1, 0.15) is 32.6 Å². The summed E-state index contributed by atoms with van der Waals surface area (Å²) in [6.45, 7) is 3.91. The van der Waals surface area contributed by atoms with Gasteiger partial charge >= 0.3 is 5.97 Å². The van der Waals surface area contributed by atoms with Crippen molar-refractivity contribution in [2.75, 3.05) is 11.9 Å². The molecule has 0 aliphatic carbocycles. The first-order valence-corrected chi connectivity index (χ1v) is 7.34. The van der Waals surface area contributed by atoms with Crippen LogP contribution in [0.5, 0.6) is 0 Å². The van der Waals surface area contributed by atoms with Gasteiger partial charge in [0.25, 0.3) is 5.91 Å². The number of carbonyl (C=O) groups is 2. The summed E-state index contributed by atoms with van der Waals surface area (Å²) in [6.07, 6.45) is 0. The third-order valence-electron chi connectivity index (χ3n) is 2.24. The molecule has 0 unspecified atom stereocenters. The minimum Gasteiger partial charge on any atom is -0.462 e. The number of anilines is 1. The van der Waals surface area contributed by atoms with E-state index in [0.717, 1.165) is 4.88 Å². The van der Waals surface area contributed by atoms with E-state index in [0.29, 0.717) is 22.9 Å². The van der Waals surface area contributed by atoms with E-state index in [1.807, 2.05) is 6.92 Å². The number of hydrogen-bond acceptors (Lipinski definition) is 6. The Labute approximate surface area is 118 Å². The third-order valence-corrected chi connectivity index (χ3v) is 3.80. The van der Waals surface area contributed by atoms with Crippen molar-refractivity contribution in [1.29, 1.82) is 0 Å². The highest BCUT2D eigenvalue weighted by Crippen LogP contribution is 2.28. The Bertz CT molecular complexity index is 590. The second-order valence-corrected chi connectivity index (χ2v) is 5.62. The van der Waals surface area contributed by atoms with E-state index in [1.54, 1.807) is 23.9 Å². The van der Waals surface area contributed by atoms with Gasteiger partial charge in [-0.05, 0) is 19.9 Å². The molecule has 2 aromatic rings. The maximum atomic E-state index is 11.9. The standard InChI is InChI=1S/C12H12N2O3S2/c1-3-17-12(16)8-4-7(2)19-11(8)14-10(15)9-5-18-6-13-9/h4-6H,3H2,1-2H3,(H,14,15). The highest BCUT2D eigenvalue weighted by Gasteiger charge is 2.18. The van der Waals surface area contributed by atoms with E-state index < -0.39 is 5.97 Å². The summed E-state index contributed by atoms with van der Waals surface area (Å²) in [5.41, 5.74) is 2.31. The van der Waals surface area contributed by atoms with Crippen molar-refractivity contribution in [2.24, 2.45) is 0 Å². The van der Waals surface area contributed by atoms with Crippen molar-refractivity contribution in [2.45, 2.75) is 13.8 Å². The highest BCUT2D eigenvalue weighted by molar-refractivity contribution is 7.16. The smallest absolute Gasteiger partial charge is 0.341 e. The van der Waals surface area contributed by atoms with Crippen molar-refractivity contribution >= 4 is 39.6 Å². The fourth-order valence-electron chi connectivity index (χ4n) is 1.46. The average molecular weight is 296 g/mol. The molecule has 7 heteroatoms. The minimum atomic E-state index is -0.430. The normalized spacial score (nSPS) is 10.2. The molecule has 0 spiro atoms. The number of thiazole rings is 1. The third kappa shape index (κ3) is 3.18. The maximum Gasteiger partial charge on any atom is 0.341 e. The summed E-state index contributed by atoms with van der Waals surface area (Å²) in [6, 6.07) is 1.71. The molecule has 0 aliphatic heterocycles. The van der Waals surface area contributed by atoms with Crippen molar-refractivity contribution in [3.8, 4) is 0 Å². The Morgan fingerprint density at radius 1 is 1.47 bits per heavy atom. The number of nitrogens with one attached hydrogen (secondary N) is 1. The van der Waals surface area contributed by atoms with Gasteiger partial charge in [-0.3, -0.25) is 4.79 Å². The molecule has 0 saturated carbocycles. The summed E-state index contributed by atoms with van der Waals surface area (Å²) < 4.78 is 4.96. The summed E-state index contributed by atoms with van der Waals surface area (Å²) >= 11 is 2.68. The van der Waals surface area contributed by atoms with Gasteiger partial charge in [0.15, 0.2) is 0 Å². The van der Waals surface area contributed by atoms with Crippen LogP contribution < -0.4 is 5.32 Å². The summed E-state index contributed by atoms with van der Waals surface area (Å²) in [5, 5.41) is 4.84. The van der Waals surface area contributed by atoms with Crippen LogP contribution in [0.2, 0.25) is 0 Å². The van der Waals surface area contributed by atoms with Crippen LogP contribution in [0.3, 0.4) is 0 Å². The second-order valence-electron chi connectivity index (χ2n) is 3.65. The van der Waals surface area contributed by atoms with Crippen LogP contribution in [0.25, 0.3) is 0 Å². The number of aryl methyl sites for hydroxylation is 1. The Hall–Kier alpha value is -1.73. The second kappa shape index (κ2) is 5.94. The lowest BCUT2D eigenvalue weighted by atomic mass is 10.3. The molecule has 0 fully saturated rings. The highest BCUT2D eigenvalue weighted by atomic mass is 32.1. The van der Waals surface area contributed by atoms with Gasteiger partial charge in [0, 0.05) is 10.3 Å². The molecular formula is C12H12N2O3S2. The van der Waals surface area contributed by atoms with Crippen molar-refractivity contribution in [3.05, 3.63) is 33.1 Å². The number of hydrogen-bond donors (Lipinski definition) is 1. The number of rotatable bonds is 4. The van der Waals surface area contributed by atoms with E-state index in [9.17, 15) is 9.59 Å². The molecule has 2 heterocycles. The molecule has 5 nitrogen and oxygen atoms in total. The maximum absolute atomic E-state index is 11.9. The largest absolute Gasteiger partial charge is 0.462 e. The van der Waals surface area contributed by atoms with Gasteiger partial charge in [-0.2, -0.15) is 0 Å². The first-order valence-electron chi connectivity index (χ1n) is 5.59. The van der Waals surface area contributed by atoms with Crippen LogP contribution in [0.15, 0.2) is 17.0 Å². The SMILES string of the molecule is CCOC(=O)c1cc(C)sc1NC(=O)c1cscn1. The quantitative estimate of drug-likeness (QED) is 0.881. The van der Waals surface area contributed by atoms with Gasteiger partial charge in [0.2, 0.25) is 0 Å². The fourth-order valence-corrected chi connectivity index (χ4v) is 2.89. The number of thiophene rings is 1. The Kier molecular flexibility index (Phi) is 4.28. The molecule has 2 rings (SSSR count). The van der Waals surface area contributed by atoms with Crippen LogP contribution in [0, 0.1) is 6.92 Å². The van der Waals surface area contributed by atoms with Crippen molar-refractivity contribution < 1.29 is 14.3 Å². The molecule has 0 aliphatic rings. The van der Waals surface area contributed by atoms with E-state index in [4.69, 9.17) is 4.74 Å². The molecule has 19 heavy (non-hydrogen) atoms. The predicted molar refractivity (Wildman–Crippen MR) is 75.1 cm³/mol. The van der Waals surface area contributed by atoms with E-state index in [1.165, 1.54) is 22.7 Å². The Morgan fingerprint density at radius 2 is 2.26 bits per heavy atom. The average Bonchev–Trinajstić information content (AvgIpc) is 2.98. The van der Waals surface area contributed by atoms with E-state index in [2.05, 4.69) is 10.3 Å². The number of nitrogens with zero attached hydrogens (tertiary/aromatic N) is 1. The summed E-state index contributed by atoms with van der Waals surface area (Å²) in [7, 11) is 0. The van der Waals surface area contributed by atoms with E-state index >= 15 is 0 Å². The van der Waals surface area contributed by atoms with Gasteiger partial charge in [-0.1, -0.05) is 0 Å². The minimum absolute atomic E-state index is 0.299. The number of amides is 1. The van der Waals surface area contributed by atoms with Crippen LogP contribution in [-0.4, -0.2) is 23.5 Å². The van der Waals surface area contributed by atoms with Crippen molar-refractivity contribution in [3.63, 3.8) is 0 Å². The lowest BCUT2D eigenvalue weighted by molar-refractivity contribution is 0.0528. The number of carbonyl (C=O) groups excluding carboxylic acids is 2. The number of ether oxygens (including phenoxy) is 1. The summed E-state index contributed by atoms with van der Waals surface area (Å²) in [4.78, 5) is 28.5. The van der Waals surface area contributed by atoms with Crippen LogP contribution in [-0.2, 0) is 4.74 Å². The molecule has 1 N–H and O–H groups in total. The Balaban J connectivity index is 2.20. The van der Waals surface area contributed by atoms with Crippen LogP contribution in [0.4, 0.5) is 5.00 Å². The first-order chi connectivity index (χ1) is 9.11. The van der Waals surface area contributed by atoms with Crippen LogP contribution >= 0.6 is 22.7 Å². The molecule has 0 atom stereocenters. The lowest BCUT2D eigenvalue weighted by Crippen LogP contribution is -2.14. The number of aromatic nitrogens is 1. The van der Waals surface area contributed by atoms with Gasteiger partial charge in [-0.25, -0.2) is 9.78 Å². The lowest BCUT2D eigenvalue weighted by Gasteiger charge is -2.04. The van der Waals surface area contributed by atoms with Gasteiger partial charge in [0.1, 0.15) is 10.7 Å². The predicted octanol–water partition coefficient (Wildman–Crippen LogP) is 2.94. The molecule has 0 radical (unpaired) electrons.